The van der Waals surface area contributed by atoms with Crippen molar-refractivity contribution in [2.75, 3.05) is 0 Å². The van der Waals surface area contributed by atoms with Crippen LogP contribution in [0.15, 0.2) is 48.0 Å². The SMILES string of the molecule is CCc1ccc(-c2cccc3c2C=C(CC(C)(C)C)C3)cc1. The maximum Gasteiger partial charge on any atom is -0.00574 e. The molecule has 0 fully saturated rings. The van der Waals surface area contributed by atoms with Crippen LogP contribution in [0.2, 0.25) is 0 Å². The highest BCUT2D eigenvalue weighted by atomic mass is 14.2. The first-order valence-corrected chi connectivity index (χ1v) is 8.37. The van der Waals surface area contributed by atoms with E-state index >= 15 is 0 Å². The molecule has 0 aromatic heterocycles. The predicted molar refractivity (Wildman–Crippen MR) is 97.0 cm³/mol. The summed E-state index contributed by atoms with van der Waals surface area (Å²) in [6.07, 6.45) is 5.83. The van der Waals surface area contributed by atoms with Gasteiger partial charge in [-0.25, -0.2) is 0 Å². The Kier molecular flexibility index (Phi) is 3.95. The second-order valence-corrected chi connectivity index (χ2v) is 7.65. The Morgan fingerprint density at radius 3 is 2.32 bits per heavy atom. The predicted octanol–water partition coefficient (Wildman–Crippen LogP) is 6.29. The number of rotatable bonds is 3. The molecule has 2 aromatic rings. The lowest BCUT2D eigenvalue weighted by Crippen LogP contribution is -2.06. The molecule has 0 nitrogen and oxygen atoms in total. The molecule has 1 aliphatic carbocycles. The highest BCUT2D eigenvalue weighted by Gasteiger charge is 2.20. The minimum atomic E-state index is 0.358. The lowest BCUT2D eigenvalue weighted by atomic mass is 9.87. The first kappa shape index (κ1) is 15.1. The summed E-state index contributed by atoms with van der Waals surface area (Å²) in [5, 5.41) is 0. The average molecular weight is 290 g/mol. The van der Waals surface area contributed by atoms with Crippen LogP contribution < -0.4 is 0 Å². The topological polar surface area (TPSA) is 0 Å². The van der Waals surface area contributed by atoms with Crippen LogP contribution in [0.3, 0.4) is 0 Å². The molecule has 0 heterocycles. The van der Waals surface area contributed by atoms with Crippen LogP contribution in [-0.2, 0) is 12.8 Å². The fourth-order valence-corrected chi connectivity index (χ4v) is 3.40. The largest absolute Gasteiger partial charge is 0.0647 e. The molecule has 0 unspecified atom stereocenters. The fraction of sp³-hybridized carbons (Fsp3) is 0.364. The summed E-state index contributed by atoms with van der Waals surface area (Å²) in [4.78, 5) is 0. The maximum absolute atomic E-state index is 2.43. The number of benzene rings is 2. The van der Waals surface area contributed by atoms with E-state index in [1.807, 2.05) is 0 Å². The second kappa shape index (κ2) is 5.76. The summed E-state index contributed by atoms with van der Waals surface area (Å²) in [5.41, 5.74) is 8.96. The molecule has 22 heavy (non-hydrogen) atoms. The molecule has 0 saturated heterocycles. The average Bonchev–Trinajstić information content (AvgIpc) is 2.87. The summed E-state index contributed by atoms with van der Waals surface area (Å²) < 4.78 is 0. The molecule has 0 saturated carbocycles. The second-order valence-electron chi connectivity index (χ2n) is 7.65. The van der Waals surface area contributed by atoms with Crippen LogP contribution in [0.25, 0.3) is 17.2 Å². The van der Waals surface area contributed by atoms with Crippen LogP contribution in [-0.4, -0.2) is 0 Å². The molecule has 114 valence electrons. The van der Waals surface area contributed by atoms with Gasteiger partial charge in [-0.1, -0.05) is 81.8 Å². The van der Waals surface area contributed by atoms with Crippen LogP contribution in [0.4, 0.5) is 0 Å². The van der Waals surface area contributed by atoms with Crippen LogP contribution >= 0.6 is 0 Å². The van der Waals surface area contributed by atoms with E-state index < -0.39 is 0 Å². The summed E-state index contributed by atoms with van der Waals surface area (Å²) in [6, 6.07) is 15.8. The van der Waals surface area contributed by atoms with Crippen molar-refractivity contribution in [3.8, 4) is 11.1 Å². The van der Waals surface area contributed by atoms with Crippen molar-refractivity contribution in [1.82, 2.24) is 0 Å². The molecule has 2 aromatic carbocycles. The first-order chi connectivity index (χ1) is 10.5. The third-order valence-corrected chi connectivity index (χ3v) is 4.39. The molecule has 0 radical (unpaired) electrons. The number of fused-ring (bicyclic) bond motifs is 1. The van der Waals surface area contributed by atoms with E-state index in [4.69, 9.17) is 0 Å². The Balaban J connectivity index is 1.97. The van der Waals surface area contributed by atoms with Gasteiger partial charge in [-0.05, 0) is 52.5 Å². The van der Waals surface area contributed by atoms with E-state index in [0.717, 1.165) is 12.8 Å². The van der Waals surface area contributed by atoms with Gasteiger partial charge in [0.25, 0.3) is 0 Å². The van der Waals surface area contributed by atoms with Crippen LogP contribution in [0.1, 0.15) is 50.8 Å². The van der Waals surface area contributed by atoms with Gasteiger partial charge in [0.2, 0.25) is 0 Å². The van der Waals surface area contributed by atoms with Gasteiger partial charge in [-0.15, -0.1) is 0 Å². The zero-order valence-electron chi connectivity index (χ0n) is 14.2. The highest BCUT2D eigenvalue weighted by Crippen LogP contribution is 2.38. The number of hydrogen-bond donors (Lipinski definition) is 0. The molecule has 1 aliphatic rings. The smallest absolute Gasteiger partial charge is 0.00574 e. The van der Waals surface area contributed by atoms with Crippen molar-refractivity contribution < 1.29 is 0 Å². The summed E-state index contributed by atoms with van der Waals surface area (Å²) in [5.74, 6) is 0. The monoisotopic (exact) mass is 290 g/mol. The van der Waals surface area contributed by atoms with E-state index in [0.29, 0.717) is 5.41 Å². The molecular weight excluding hydrogens is 264 g/mol. The zero-order valence-corrected chi connectivity index (χ0v) is 14.2. The summed E-state index contributed by atoms with van der Waals surface area (Å²) in [7, 11) is 0. The Labute approximate surface area is 134 Å². The molecule has 0 amide bonds. The van der Waals surface area contributed by atoms with Crippen molar-refractivity contribution in [3.63, 3.8) is 0 Å². The van der Waals surface area contributed by atoms with E-state index in [9.17, 15) is 0 Å². The van der Waals surface area contributed by atoms with E-state index in [1.54, 1.807) is 5.57 Å². The lowest BCUT2D eigenvalue weighted by molar-refractivity contribution is 0.408. The van der Waals surface area contributed by atoms with Gasteiger partial charge in [0, 0.05) is 0 Å². The maximum atomic E-state index is 2.43. The summed E-state index contributed by atoms with van der Waals surface area (Å²) >= 11 is 0. The molecule has 0 aliphatic heterocycles. The van der Waals surface area contributed by atoms with Crippen LogP contribution in [0, 0.1) is 5.41 Å². The third-order valence-electron chi connectivity index (χ3n) is 4.39. The standard InChI is InChI=1S/C22H26/c1-5-16-9-11-18(12-10-16)20-8-6-7-19-13-17(14-21(19)20)15-22(2,3)4/h6-12,14H,5,13,15H2,1-4H3. The van der Waals surface area contributed by atoms with Gasteiger partial charge in [0.05, 0.1) is 0 Å². The zero-order chi connectivity index (χ0) is 15.7. The van der Waals surface area contributed by atoms with Gasteiger partial charge < -0.3 is 0 Å². The number of hydrogen-bond acceptors (Lipinski definition) is 0. The van der Waals surface area contributed by atoms with Crippen molar-refractivity contribution in [2.45, 2.75) is 47.0 Å². The third kappa shape index (κ3) is 3.16. The first-order valence-electron chi connectivity index (χ1n) is 8.37. The lowest BCUT2D eigenvalue weighted by Gasteiger charge is -2.18. The molecule has 0 heteroatoms. The van der Waals surface area contributed by atoms with Crippen molar-refractivity contribution in [1.29, 1.82) is 0 Å². The molecular formula is C22H26. The fourth-order valence-electron chi connectivity index (χ4n) is 3.40. The number of allylic oxidation sites excluding steroid dienone is 1. The molecule has 0 atom stereocenters. The molecule has 3 rings (SSSR count). The van der Waals surface area contributed by atoms with Gasteiger partial charge in [-0.2, -0.15) is 0 Å². The summed E-state index contributed by atoms with van der Waals surface area (Å²) in [6.45, 7) is 9.17. The Morgan fingerprint density at radius 1 is 0.955 bits per heavy atom. The van der Waals surface area contributed by atoms with E-state index in [-0.39, 0.29) is 0 Å². The molecule has 0 spiro atoms. The van der Waals surface area contributed by atoms with Crippen molar-refractivity contribution in [3.05, 3.63) is 64.7 Å². The normalized spacial score (nSPS) is 13.9. The molecule has 0 N–H and O–H groups in total. The Bertz CT molecular complexity index is 694. The molecule has 0 bridgehead atoms. The van der Waals surface area contributed by atoms with Crippen molar-refractivity contribution in [2.24, 2.45) is 5.41 Å². The number of aryl methyl sites for hydroxylation is 1. The minimum absolute atomic E-state index is 0.358. The Hall–Kier alpha value is -1.82. The highest BCUT2D eigenvalue weighted by molar-refractivity contribution is 5.80. The van der Waals surface area contributed by atoms with Crippen LogP contribution in [0.5, 0.6) is 0 Å². The van der Waals surface area contributed by atoms with Gasteiger partial charge in [0.1, 0.15) is 0 Å². The Morgan fingerprint density at radius 2 is 1.68 bits per heavy atom. The van der Waals surface area contributed by atoms with Gasteiger partial charge in [0.15, 0.2) is 0 Å². The van der Waals surface area contributed by atoms with E-state index in [1.165, 1.54) is 34.2 Å². The minimum Gasteiger partial charge on any atom is -0.0647 e. The quantitative estimate of drug-likeness (QED) is 0.623. The van der Waals surface area contributed by atoms with Gasteiger partial charge >= 0.3 is 0 Å². The van der Waals surface area contributed by atoms with E-state index in [2.05, 4.69) is 76.2 Å². The van der Waals surface area contributed by atoms with Crippen molar-refractivity contribution >= 4 is 6.08 Å². The van der Waals surface area contributed by atoms with Gasteiger partial charge in [-0.3, -0.25) is 0 Å².